The lowest BCUT2D eigenvalue weighted by molar-refractivity contribution is -0.149. The molecule has 0 bridgehead atoms. The normalized spacial score (nSPS) is 15.4. The molecular weight excluding hydrogens is 338 g/mol. The molecule has 3 rings (SSSR count). The molecule has 6 nitrogen and oxygen atoms in total. The lowest BCUT2D eigenvalue weighted by Crippen LogP contribution is -2.40. The zero-order valence-electron chi connectivity index (χ0n) is 14.8. The van der Waals surface area contributed by atoms with Crippen LogP contribution < -0.4 is 0 Å². The number of esters is 1. The molecule has 3 heterocycles. The number of thiazole rings is 1. The van der Waals surface area contributed by atoms with Crippen molar-refractivity contribution < 1.29 is 14.3 Å². The number of hydrogen-bond acceptors (Lipinski definition) is 5. The molecule has 0 N–H and O–H groups in total. The Hall–Kier alpha value is -2.15. The van der Waals surface area contributed by atoms with Gasteiger partial charge in [0, 0.05) is 36.1 Å². The van der Waals surface area contributed by atoms with Crippen molar-refractivity contribution in [2.75, 3.05) is 19.7 Å². The van der Waals surface area contributed by atoms with Crippen LogP contribution in [0.5, 0.6) is 0 Å². The Morgan fingerprint density at radius 3 is 2.64 bits per heavy atom. The first-order chi connectivity index (χ1) is 12.0. The molecule has 1 amide bonds. The van der Waals surface area contributed by atoms with Gasteiger partial charge in [-0.15, -0.1) is 11.3 Å². The molecule has 134 valence electrons. The summed E-state index contributed by atoms with van der Waals surface area (Å²) in [6, 6.07) is 1.93. The predicted octanol–water partition coefficient (Wildman–Crippen LogP) is 2.97. The van der Waals surface area contributed by atoms with E-state index in [1.165, 1.54) is 0 Å². The van der Waals surface area contributed by atoms with Crippen molar-refractivity contribution >= 4 is 23.2 Å². The van der Waals surface area contributed by atoms with Crippen LogP contribution in [-0.2, 0) is 9.53 Å². The summed E-state index contributed by atoms with van der Waals surface area (Å²) >= 11 is 1.55. The van der Waals surface area contributed by atoms with Gasteiger partial charge in [-0.3, -0.25) is 14.2 Å². The fraction of sp³-hybridized carbons (Fsp3) is 0.500. The second-order valence-electron chi connectivity index (χ2n) is 6.25. The minimum absolute atomic E-state index is 0.0261. The molecule has 0 atom stereocenters. The van der Waals surface area contributed by atoms with Crippen molar-refractivity contribution in [1.82, 2.24) is 14.5 Å². The first kappa shape index (κ1) is 17.7. The molecule has 1 aliphatic rings. The summed E-state index contributed by atoms with van der Waals surface area (Å²) in [5, 5.41) is 2.80. The third-order valence-electron chi connectivity index (χ3n) is 4.67. The van der Waals surface area contributed by atoms with Crippen molar-refractivity contribution in [3.05, 3.63) is 34.6 Å². The van der Waals surface area contributed by atoms with Gasteiger partial charge < -0.3 is 9.64 Å². The van der Waals surface area contributed by atoms with Crippen LogP contribution in [0.15, 0.2) is 17.6 Å². The van der Waals surface area contributed by atoms with Gasteiger partial charge in [0.2, 0.25) is 0 Å². The van der Waals surface area contributed by atoms with Crippen LogP contribution in [0.1, 0.15) is 41.5 Å². The van der Waals surface area contributed by atoms with E-state index in [1.54, 1.807) is 17.5 Å². The molecule has 1 aliphatic heterocycles. The lowest BCUT2D eigenvalue weighted by Gasteiger charge is -2.31. The number of nitrogens with zero attached hydrogens (tertiary/aromatic N) is 3. The van der Waals surface area contributed by atoms with Crippen molar-refractivity contribution in [3.8, 4) is 5.13 Å². The van der Waals surface area contributed by atoms with E-state index < -0.39 is 0 Å². The molecule has 7 heteroatoms. The van der Waals surface area contributed by atoms with E-state index in [0.29, 0.717) is 38.1 Å². The van der Waals surface area contributed by atoms with Gasteiger partial charge in [0.15, 0.2) is 5.13 Å². The molecular formula is C18H23N3O3S. The smallest absolute Gasteiger partial charge is 0.309 e. The van der Waals surface area contributed by atoms with Gasteiger partial charge in [-0.2, -0.15) is 0 Å². The maximum absolute atomic E-state index is 12.9. The maximum Gasteiger partial charge on any atom is 0.309 e. The van der Waals surface area contributed by atoms with E-state index in [4.69, 9.17) is 4.74 Å². The first-order valence-corrected chi connectivity index (χ1v) is 9.45. The summed E-state index contributed by atoms with van der Waals surface area (Å²) in [5.41, 5.74) is 2.62. The molecule has 0 aliphatic carbocycles. The van der Waals surface area contributed by atoms with Crippen LogP contribution in [0.3, 0.4) is 0 Å². The number of aryl methyl sites for hydroxylation is 1. The number of piperidine rings is 1. The number of likely N-dealkylation sites (tertiary alicyclic amines) is 1. The van der Waals surface area contributed by atoms with Gasteiger partial charge >= 0.3 is 5.97 Å². The van der Waals surface area contributed by atoms with E-state index >= 15 is 0 Å². The summed E-state index contributed by atoms with van der Waals surface area (Å²) in [6.45, 7) is 7.33. The fourth-order valence-corrected chi connectivity index (χ4v) is 4.10. The second kappa shape index (κ2) is 7.39. The first-order valence-electron chi connectivity index (χ1n) is 8.57. The topological polar surface area (TPSA) is 64.4 Å². The van der Waals surface area contributed by atoms with Gasteiger partial charge in [0.25, 0.3) is 5.91 Å². The highest BCUT2D eigenvalue weighted by atomic mass is 32.1. The van der Waals surface area contributed by atoms with Crippen LogP contribution in [0, 0.1) is 19.8 Å². The van der Waals surface area contributed by atoms with Crippen LogP contribution in [0.4, 0.5) is 0 Å². The molecule has 1 fully saturated rings. The molecule has 0 radical (unpaired) electrons. The minimum atomic E-state index is -0.142. The molecule has 2 aromatic rings. The number of carbonyl (C=O) groups is 2. The zero-order valence-corrected chi connectivity index (χ0v) is 15.6. The third-order valence-corrected chi connectivity index (χ3v) is 5.43. The standard InChI is InChI=1S/C18H23N3O3S/c1-4-24-17(23)14-5-8-20(9-6-14)16(22)15-11-12(2)21(13(15)3)18-19-7-10-25-18/h7,10-11,14H,4-6,8-9H2,1-3H3. The van der Waals surface area contributed by atoms with Crippen molar-refractivity contribution in [2.24, 2.45) is 5.92 Å². The van der Waals surface area contributed by atoms with E-state index in [2.05, 4.69) is 4.98 Å². The Labute approximate surface area is 151 Å². The van der Waals surface area contributed by atoms with Gasteiger partial charge in [-0.25, -0.2) is 4.98 Å². The maximum atomic E-state index is 12.9. The Morgan fingerprint density at radius 2 is 2.04 bits per heavy atom. The monoisotopic (exact) mass is 361 g/mol. The van der Waals surface area contributed by atoms with Crippen LogP contribution in [0.25, 0.3) is 5.13 Å². The Morgan fingerprint density at radius 1 is 1.32 bits per heavy atom. The van der Waals surface area contributed by atoms with Crippen molar-refractivity contribution in [2.45, 2.75) is 33.6 Å². The van der Waals surface area contributed by atoms with Gasteiger partial charge in [-0.1, -0.05) is 0 Å². The number of ether oxygens (including phenoxy) is 1. The lowest BCUT2D eigenvalue weighted by atomic mass is 9.96. The third kappa shape index (κ3) is 3.46. The summed E-state index contributed by atoms with van der Waals surface area (Å²) < 4.78 is 7.11. The molecule has 0 aromatic carbocycles. The van der Waals surface area contributed by atoms with E-state index in [-0.39, 0.29) is 17.8 Å². The Bertz CT molecular complexity index is 759. The summed E-state index contributed by atoms with van der Waals surface area (Å²) in [5.74, 6) is -0.207. The molecule has 0 unspecified atom stereocenters. The highest BCUT2D eigenvalue weighted by Crippen LogP contribution is 2.25. The molecule has 0 spiro atoms. The van der Waals surface area contributed by atoms with Crippen LogP contribution in [-0.4, -0.2) is 46.0 Å². The van der Waals surface area contributed by atoms with E-state index in [9.17, 15) is 9.59 Å². The SMILES string of the molecule is CCOC(=O)C1CCN(C(=O)c2cc(C)n(-c3nccs3)c2C)CC1. The van der Waals surface area contributed by atoms with Gasteiger partial charge in [0.1, 0.15) is 0 Å². The van der Waals surface area contributed by atoms with E-state index in [1.807, 2.05) is 41.7 Å². The van der Waals surface area contributed by atoms with Crippen molar-refractivity contribution in [1.29, 1.82) is 0 Å². The van der Waals surface area contributed by atoms with Gasteiger partial charge in [-0.05, 0) is 39.7 Å². The quantitative estimate of drug-likeness (QED) is 0.786. The number of carbonyl (C=O) groups excluding carboxylic acids is 2. The van der Waals surface area contributed by atoms with Crippen LogP contribution in [0.2, 0.25) is 0 Å². The highest BCUT2D eigenvalue weighted by Gasteiger charge is 2.30. The minimum Gasteiger partial charge on any atom is -0.466 e. The average molecular weight is 361 g/mol. The van der Waals surface area contributed by atoms with Crippen molar-refractivity contribution in [3.63, 3.8) is 0 Å². The molecule has 2 aromatic heterocycles. The average Bonchev–Trinajstić information content (AvgIpc) is 3.22. The Kier molecular flexibility index (Phi) is 5.22. The number of rotatable bonds is 4. The summed E-state index contributed by atoms with van der Waals surface area (Å²) in [7, 11) is 0. The number of hydrogen-bond donors (Lipinski definition) is 0. The summed E-state index contributed by atoms with van der Waals surface area (Å²) in [6.07, 6.45) is 3.09. The Balaban J connectivity index is 1.73. The fourth-order valence-electron chi connectivity index (χ4n) is 3.35. The number of aromatic nitrogens is 2. The second-order valence-corrected chi connectivity index (χ2v) is 7.13. The largest absolute Gasteiger partial charge is 0.466 e. The zero-order chi connectivity index (χ0) is 18.0. The highest BCUT2D eigenvalue weighted by molar-refractivity contribution is 7.12. The molecule has 1 saturated heterocycles. The molecule has 0 saturated carbocycles. The predicted molar refractivity (Wildman–Crippen MR) is 96.2 cm³/mol. The van der Waals surface area contributed by atoms with E-state index in [0.717, 1.165) is 16.5 Å². The van der Waals surface area contributed by atoms with Gasteiger partial charge in [0.05, 0.1) is 18.1 Å². The molecule has 25 heavy (non-hydrogen) atoms. The van der Waals surface area contributed by atoms with Crippen LogP contribution >= 0.6 is 11.3 Å². The number of amides is 1. The summed E-state index contributed by atoms with van der Waals surface area (Å²) in [4.78, 5) is 31.0.